The van der Waals surface area contributed by atoms with Gasteiger partial charge in [-0.2, -0.15) is 5.10 Å². The SMILES string of the molecule is CC(C)Oc1cccc(C(=O)Nc2[nH]ncc2N)c1. The van der Waals surface area contributed by atoms with Gasteiger partial charge >= 0.3 is 0 Å². The molecule has 1 heterocycles. The zero-order valence-corrected chi connectivity index (χ0v) is 10.8. The highest BCUT2D eigenvalue weighted by molar-refractivity contribution is 6.05. The van der Waals surface area contributed by atoms with Gasteiger partial charge in [0.25, 0.3) is 5.91 Å². The average Bonchev–Trinajstić information content (AvgIpc) is 2.74. The van der Waals surface area contributed by atoms with Crippen molar-refractivity contribution in [2.45, 2.75) is 20.0 Å². The lowest BCUT2D eigenvalue weighted by Crippen LogP contribution is -2.14. The average molecular weight is 260 g/mol. The predicted molar refractivity (Wildman–Crippen MR) is 73.2 cm³/mol. The number of rotatable bonds is 4. The topological polar surface area (TPSA) is 93.0 Å². The van der Waals surface area contributed by atoms with Crippen molar-refractivity contribution < 1.29 is 9.53 Å². The van der Waals surface area contributed by atoms with Crippen LogP contribution in [0.1, 0.15) is 24.2 Å². The number of hydrogen-bond acceptors (Lipinski definition) is 4. The lowest BCUT2D eigenvalue weighted by atomic mass is 10.2. The molecule has 0 saturated heterocycles. The van der Waals surface area contributed by atoms with Crippen molar-refractivity contribution in [1.29, 1.82) is 0 Å². The zero-order valence-electron chi connectivity index (χ0n) is 10.8. The maximum Gasteiger partial charge on any atom is 0.256 e. The fourth-order valence-corrected chi connectivity index (χ4v) is 1.56. The van der Waals surface area contributed by atoms with Gasteiger partial charge in [-0.1, -0.05) is 6.07 Å². The van der Waals surface area contributed by atoms with E-state index in [0.29, 0.717) is 22.8 Å². The van der Waals surface area contributed by atoms with Crippen molar-refractivity contribution >= 4 is 17.4 Å². The Bertz CT molecular complexity index is 578. The van der Waals surface area contributed by atoms with Crippen molar-refractivity contribution in [3.63, 3.8) is 0 Å². The number of nitrogens with one attached hydrogen (secondary N) is 2. The maximum absolute atomic E-state index is 12.0. The molecule has 1 amide bonds. The molecule has 0 aliphatic carbocycles. The Hall–Kier alpha value is -2.50. The first-order valence-electron chi connectivity index (χ1n) is 5.93. The van der Waals surface area contributed by atoms with Crippen molar-refractivity contribution in [1.82, 2.24) is 10.2 Å². The minimum absolute atomic E-state index is 0.0570. The van der Waals surface area contributed by atoms with Gasteiger partial charge in [0, 0.05) is 5.56 Å². The third-order valence-corrected chi connectivity index (χ3v) is 2.38. The standard InChI is InChI=1S/C13H16N4O2/c1-8(2)19-10-5-3-4-9(6-10)13(18)16-12-11(14)7-15-17-12/h3-8H,14H2,1-2H3,(H2,15,16,17,18). The number of benzene rings is 1. The number of ether oxygens (including phenoxy) is 1. The molecule has 0 atom stereocenters. The van der Waals surface area contributed by atoms with E-state index in [1.807, 2.05) is 13.8 Å². The molecular weight excluding hydrogens is 244 g/mol. The summed E-state index contributed by atoms with van der Waals surface area (Å²) < 4.78 is 5.54. The van der Waals surface area contributed by atoms with E-state index < -0.39 is 0 Å². The number of anilines is 2. The molecule has 0 aliphatic heterocycles. The maximum atomic E-state index is 12.0. The molecular formula is C13H16N4O2. The minimum atomic E-state index is -0.273. The van der Waals surface area contributed by atoms with Crippen LogP contribution in [0.2, 0.25) is 0 Å². The molecule has 0 fully saturated rings. The molecule has 4 N–H and O–H groups in total. The van der Waals surface area contributed by atoms with Gasteiger partial charge in [0.2, 0.25) is 0 Å². The number of aromatic amines is 1. The van der Waals surface area contributed by atoms with Crippen LogP contribution in [-0.2, 0) is 0 Å². The van der Waals surface area contributed by atoms with Crippen LogP contribution in [0.25, 0.3) is 0 Å². The van der Waals surface area contributed by atoms with E-state index in [0.717, 1.165) is 0 Å². The first-order valence-corrected chi connectivity index (χ1v) is 5.93. The number of H-pyrrole nitrogens is 1. The normalized spacial score (nSPS) is 10.5. The number of nitrogens with zero attached hydrogens (tertiary/aromatic N) is 1. The number of carbonyl (C=O) groups excluding carboxylic acids is 1. The highest BCUT2D eigenvalue weighted by Gasteiger charge is 2.10. The molecule has 0 bridgehead atoms. The van der Waals surface area contributed by atoms with Crippen LogP contribution < -0.4 is 15.8 Å². The number of aromatic nitrogens is 2. The Kier molecular flexibility index (Phi) is 3.70. The second-order valence-corrected chi connectivity index (χ2v) is 4.35. The Morgan fingerprint density at radius 1 is 1.47 bits per heavy atom. The molecule has 19 heavy (non-hydrogen) atoms. The largest absolute Gasteiger partial charge is 0.491 e. The van der Waals surface area contributed by atoms with E-state index in [9.17, 15) is 4.79 Å². The van der Waals surface area contributed by atoms with Gasteiger partial charge in [0.05, 0.1) is 18.0 Å². The van der Waals surface area contributed by atoms with Crippen LogP contribution in [0.4, 0.5) is 11.5 Å². The molecule has 0 saturated carbocycles. The van der Waals surface area contributed by atoms with Crippen molar-refractivity contribution in [3.8, 4) is 5.75 Å². The summed E-state index contributed by atoms with van der Waals surface area (Å²) in [6, 6.07) is 6.96. The molecule has 6 heteroatoms. The lowest BCUT2D eigenvalue weighted by molar-refractivity contribution is 0.102. The third-order valence-electron chi connectivity index (χ3n) is 2.38. The molecule has 1 aromatic carbocycles. The number of amides is 1. The molecule has 0 unspecified atom stereocenters. The van der Waals surface area contributed by atoms with Crippen LogP contribution in [0, 0.1) is 0 Å². The molecule has 1 aromatic heterocycles. The van der Waals surface area contributed by atoms with Gasteiger partial charge in [0.15, 0.2) is 5.82 Å². The Labute approximate surface area is 111 Å². The first-order chi connectivity index (χ1) is 9.06. The quantitative estimate of drug-likeness (QED) is 0.784. The minimum Gasteiger partial charge on any atom is -0.491 e. The molecule has 100 valence electrons. The smallest absolute Gasteiger partial charge is 0.256 e. The van der Waals surface area contributed by atoms with Crippen LogP contribution in [0.5, 0.6) is 5.75 Å². The summed E-state index contributed by atoms with van der Waals surface area (Å²) in [7, 11) is 0. The molecule has 6 nitrogen and oxygen atoms in total. The highest BCUT2D eigenvalue weighted by atomic mass is 16.5. The number of nitrogens with two attached hydrogens (primary N) is 1. The van der Waals surface area contributed by atoms with Gasteiger partial charge in [0.1, 0.15) is 5.75 Å². The molecule has 0 aliphatic rings. The van der Waals surface area contributed by atoms with E-state index in [-0.39, 0.29) is 12.0 Å². The summed E-state index contributed by atoms with van der Waals surface area (Å²) in [6.07, 6.45) is 1.50. The van der Waals surface area contributed by atoms with E-state index >= 15 is 0 Å². The summed E-state index contributed by atoms with van der Waals surface area (Å²) in [5.41, 5.74) is 6.51. The number of nitrogen functional groups attached to an aromatic ring is 1. The third kappa shape index (κ3) is 3.25. The van der Waals surface area contributed by atoms with Crippen molar-refractivity contribution in [2.75, 3.05) is 11.1 Å². The van der Waals surface area contributed by atoms with Crippen LogP contribution in [0.3, 0.4) is 0 Å². The molecule has 2 rings (SSSR count). The molecule has 0 spiro atoms. The van der Waals surface area contributed by atoms with Gasteiger partial charge < -0.3 is 15.8 Å². The summed E-state index contributed by atoms with van der Waals surface area (Å²) in [6.45, 7) is 3.86. The molecule has 0 radical (unpaired) electrons. The Balaban J connectivity index is 2.13. The summed E-state index contributed by atoms with van der Waals surface area (Å²) in [5.74, 6) is 0.769. The fourth-order valence-electron chi connectivity index (χ4n) is 1.56. The molecule has 2 aromatic rings. The monoisotopic (exact) mass is 260 g/mol. The zero-order chi connectivity index (χ0) is 13.8. The Morgan fingerprint density at radius 2 is 2.26 bits per heavy atom. The highest BCUT2D eigenvalue weighted by Crippen LogP contribution is 2.18. The second kappa shape index (κ2) is 5.43. The van der Waals surface area contributed by atoms with E-state index in [1.165, 1.54) is 6.20 Å². The summed E-state index contributed by atoms with van der Waals surface area (Å²) >= 11 is 0. The van der Waals surface area contributed by atoms with Gasteiger partial charge in [-0.25, -0.2) is 0 Å². The van der Waals surface area contributed by atoms with E-state index in [1.54, 1.807) is 24.3 Å². The predicted octanol–water partition coefficient (Wildman–Crippen LogP) is 2.03. The van der Waals surface area contributed by atoms with Crippen molar-refractivity contribution in [2.24, 2.45) is 0 Å². The number of hydrogen-bond donors (Lipinski definition) is 3. The van der Waals surface area contributed by atoms with Crippen molar-refractivity contribution in [3.05, 3.63) is 36.0 Å². The number of carbonyl (C=O) groups is 1. The lowest BCUT2D eigenvalue weighted by Gasteiger charge is -2.10. The van der Waals surface area contributed by atoms with Crippen LogP contribution in [0.15, 0.2) is 30.5 Å². The van der Waals surface area contributed by atoms with E-state index in [2.05, 4.69) is 15.5 Å². The van der Waals surface area contributed by atoms with Crippen LogP contribution >= 0.6 is 0 Å². The summed E-state index contributed by atoms with van der Waals surface area (Å²) in [4.78, 5) is 12.0. The van der Waals surface area contributed by atoms with Crippen LogP contribution in [-0.4, -0.2) is 22.2 Å². The fraction of sp³-hybridized carbons (Fsp3) is 0.231. The van der Waals surface area contributed by atoms with Gasteiger partial charge in [-0.05, 0) is 32.0 Å². The Morgan fingerprint density at radius 3 is 2.89 bits per heavy atom. The van der Waals surface area contributed by atoms with Gasteiger partial charge in [-0.3, -0.25) is 9.89 Å². The second-order valence-electron chi connectivity index (χ2n) is 4.35. The van der Waals surface area contributed by atoms with E-state index in [4.69, 9.17) is 10.5 Å². The van der Waals surface area contributed by atoms with Gasteiger partial charge in [-0.15, -0.1) is 0 Å². The first kappa shape index (κ1) is 12.9. The summed E-state index contributed by atoms with van der Waals surface area (Å²) in [5, 5.41) is 9.00.